The lowest BCUT2D eigenvalue weighted by molar-refractivity contribution is -0.274. The van der Waals surface area contributed by atoms with E-state index < -0.39 is 6.36 Å². The monoisotopic (exact) mass is 302 g/mol. The van der Waals surface area contributed by atoms with Gasteiger partial charge in [-0.15, -0.1) is 13.2 Å². The number of hydrogen-bond donors (Lipinski definition) is 0. The normalized spacial score (nSPS) is 13.7. The largest absolute Gasteiger partial charge is 0.573 e. The minimum absolute atomic E-state index is 0.0909. The second-order valence-corrected chi connectivity index (χ2v) is 4.69. The highest BCUT2D eigenvalue weighted by atomic mass is 79.9. The molecule has 1 unspecified atom stereocenters. The van der Waals surface area contributed by atoms with Crippen molar-refractivity contribution in [2.24, 2.45) is 0 Å². The van der Waals surface area contributed by atoms with Crippen LogP contribution in [0.4, 0.5) is 13.2 Å². The molecule has 1 aromatic rings. The van der Waals surface area contributed by atoms with Crippen molar-refractivity contribution < 1.29 is 17.9 Å². The van der Waals surface area contributed by atoms with Gasteiger partial charge >= 0.3 is 6.36 Å². The Bertz CT molecular complexity index is 352. The maximum atomic E-state index is 11.9. The van der Waals surface area contributed by atoms with Crippen LogP contribution in [0.15, 0.2) is 18.2 Å². The molecule has 0 aliphatic heterocycles. The van der Waals surface area contributed by atoms with Crippen LogP contribution in [0.2, 0.25) is 5.02 Å². The molecule has 1 rings (SSSR count). The highest BCUT2D eigenvalue weighted by Gasteiger charge is 2.31. The van der Waals surface area contributed by atoms with E-state index in [4.69, 9.17) is 11.6 Å². The van der Waals surface area contributed by atoms with Gasteiger partial charge in [0.1, 0.15) is 5.75 Å². The summed E-state index contributed by atoms with van der Waals surface area (Å²) in [5.74, 6) is -0.309. The first kappa shape index (κ1) is 12.6. The Morgan fingerprint density at radius 1 is 1.33 bits per heavy atom. The fourth-order valence-corrected chi connectivity index (χ4v) is 1.50. The van der Waals surface area contributed by atoms with Crippen molar-refractivity contribution in [3.8, 4) is 5.75 Å². The Morgan fingerprint density at radius 2 is 1.93 bits per heavy atom. The van der Waals surface area contributed by atoms with Gasteiger partial charge in [-0.2, -0.15) is 0 Å². The summed E-state index contributed by atoms with van der Waals surface area (Å²) >= 11 is 8.89. The van der Waals surface area contributed by atoms with Gasteiger partial charge in [-0.1, -0.05) is 27.5 Å². The van der Waals surface area contributed by atoms with Crippen molar-refractivity contribution in [1.82, 2.24) is 0 Å². The average Bonchev–Trinajstić information content (AvgIpc) is 1.99. The van der Waals surface area contributed by atoms with Gasteiger partial charge < -0.3 is 4.74 Å². The van der Waals surface area contributed by atoms with Crippen molar-refractivity contribution in [3.63, 3.8) is 0 Å². The van der Waals surface area contributed by atoms with E-state index >= 15 is 0 Å². The molecule has 0 aromatic heterocycles. The summed E-state index contributed by atoms with van der Waals surface area (Å²) in [5, 5.41) is 0.207. The zero-order valence-corrected chi connectivity index (χ0v) is 9.95. The molecule has 0 fully saturated rings. The fourth-order valence-electron chi connectivity index (χ4n) is 1.01. The van der Waals surface area contributed by atoms with Gasteiger partial charge in [0, 0.05) is 9.85 Å². The number of benzene rings is 1. The molecule has 0 bridgehead atoms. The van der Waals surface area contributed by atoms with E-state index in [-0.39, 0.29) is 15.6 Å². The second-order valence-electron chi connectivity index (χ2n) is 2.88. The van der Waals surface area contributed by atoms with Gasteiger partial charge in [-0.05, 0) is 30.7 Å². The molecule has 1 atom stereocenters. The molecular weight excluding hydrogens is 296 g/mol. The van der Waals surface area contributed by atoms with E-state index in [0.717, 1.165) is 6.07 Å². The predicted octanol–water partition coefficient (Wildman–Crippen LogP) is 4.69. The van der Waals surface area contributed by atoms with Crippen LogP contribution in [0, 0.1) is 0 Å². The van der Waals surface area contributed by atoms with Crippen LogP contribution in [-0.2, 0) is 0 Å². The van der Waals surface area contributed by atoms with Crippen LogP contribution in [-0.4, -0.2) is 6.36 Å². The van der Waals surface area contributed by atoms with Crippen LogP contribution < -0.4 is 4.74 Å². The van der Waals surface area contributed by atoms with Crippen LogP contribution in [0.25, 0.3) is 0 Å². The Morgan fingerprint density at radius 3 is 2.40 bits per heavy atom. The van der Waals surface area contributed by atoms with E-state index in [2.05, 4.69) is 20.7 Å². The van der Waals surface area contributed by atoms with Crippen LogP contribution in [0.1, 0.15) is 17.3 Å². The fraction of sp³-hybridized carbons (Fsp3) is 0.333. The summed E-state index contributed by atoms with van der Waals surface area (Å²) in [6.07, 6.45) is -4.70. The quantitative estimate of drug-likeness (QED) is 0.720. The molecule has 15 heavy (non-hydrogen) atoms. The first-order valence-electron chi connectivity index (χ1n) is 3.98. The Balaban J connectivity index is 2.99. The lowest BCUT2D eigenvalue weighted by Gasteiger charge is -2.11. The molecule has 0 saturated heterocycles. The van der Waals surface area contributed by atoms with Gasteiger partial charge in [0.05, 0.1) is 0 Å². The Hall–Kier alpha value is -0.420. The van der Waals surface area contributed by atoms with Crippen molar-refractivity contribution in [3.05, 3.63) is 28.8 Å². The lowest BCUT2D eigenvalue weighted by atomic mass is 10.1. The number of hydrogen-bond acceptors (Lipinski definition) is 1. The number of halogens is 5. The Kier molecular flexibility index (Phi) is 3.89. The lowest BCUT2D eigenvalue weighted by Crippen LogP contribution is -2.17. The third-order valence-electron chi connectivity index (χ3n) is 1.59. The van der Waals surface area contributed by atoms with Gasteiger partial charge in [-0.25, -0.2) is 0 Å². The molecule has 0 heterocycles. The maximum Gasteiger partial charge on any atom is 0.573 e. The van der Waals surface area contributed by atoms with Crippen LogP contribution in [0.5, 0.6) is 5.75 Å². The highest BCUT2D eigenvalue weighted by molar-refractivity contribution is 9.09. The molecule has 0 N–H and O–H groups in total. The number of alkyl halides is 4. The summed E-state index contributed by atoms with van der Waals surface area (Å²) in [6, 6.07) is 3.98. The molecule has 0 aliphatic rings. The zero-order valence-electron chi connectivity index (χ0n) is 7.61. The Labute approximate surface area is 98.3 Å². The van der Waals surface area contributed by atoms with Crippen LogP contribution in [0.3, 0.4) is 0 Å². The summed E-state index contributed by atoms with van der Waals surface area (Å²) in [6.45, 7) is 1.78. The highest BCUT2D eigenvalue weighted by Crippen LogP contribution is 2.31. The third kappa shape index (κ3) is 4.30. The van der Waals surface area contributed by atoms with Crippen molar-refractivity contribution in [2.75, 3.05) is 0 Å². The van der Waals surface area contributed by atoms with E-state index in [1.165, 1.54) is 6.07 Å². The molecule has 1 aromatic carbocycles. The average molecular weight is 304 g/mol. The number of rotatable bonds is 2. The summed E-state index contributed by atoms with van der Waals surface area (Å²) in [7, 11) is 0. The topological polar surface area (TPSA) is 9.23 Å². The summed E-state index contributed by atoms with van der Waals surface area (Å²) in [4.78, 5) is -0.0909. The van der Waals surface area contributed by atoms with Gasteiger partial charge in [0.2, 0.25) is 0 Å². The molecule has 6 heteroatoms. The predicted molar refractivity (Wildman–Crippen MR) is 55.5 cm³/mol. The third-order valence-corrected chi connectivity index (χ3v) is 2.33. The molecule has 0 aliphatic carbocycles. The molecule has 0 amide bonds. The smallest absolute Gasteiger partial charge is 0.406 e. The SMILES string of the molecule is CC(Br)c1cc(Cl)cc(OC(F)(F)F)c1. The summed E-state index contributed by atoms with van der Waals surface area (Å²) in [5.41, 5.74) is 0.627. The molecule has 0 saturated carbocycles. The molecule has 84 valence electrons. The first-order valence-corrected chi connectivity index (χ1v) is 5.27. The van der Waals surface area contributed by atoms with Gasteiger partial charge in [0.25, 0.3) is 0 Å². The molecule has 0 spiro atoms. The van der Waals surface area contributed by atoms with Crippen LogP contribution >= 0.6 is 27.5 Å². The maximum absolute atomic E-state index is 11.9. The summed E-state index contributed by atoms with van der Waals surface area (Å²) < 4.78 is 39.6. The second kappa shape index (κ2) is 4.61. The molecular formula is C9H7BrClF3O. The van der Waals surface area contributed by atoms with Crippen molar-refractivity contribution >= 4 is 27.5 Å². The van der Waals surface area contributed by atoms with Gasteiger partial charge in [0.15, 0.2) is 0 Å². The van der Waals surface area contributed by atoms with Crippen molar-refractivity contribution in [2.45, 2.75) is 18.1 Å². The molecule has 0 radical (unpaired) electrons. The number of ether oxygens (including phenoxy) is 1. The van der Waals surface area contributed by atoms with Gasteiger partial charge in [-0.3, -0.25) is 0 Å². The minimum atomic E-state index is -4.70. The van der Waals surface area contributed by atoms with Crippen molar-refractivity contribution in [1.29, 1.82) is 0 Å². The molecule has 1 nitrogen and oxygen atoms in total. The standard InChI is InChI=1S/C9H7BrClF3O/c1-5(10)6-2-7(11)4-8(3-6)15-9(12,13)14/h2-5H,1H3. The van der Waals surface area contributed by atoms with E-state index in [9.17, 15) is 13.2 Å². The van der Waals surface area contributed by atoms with E-state index in [1.54, 1.807) is 13.0 Å². The van der Waals surface area contributed by atoms with E-state index in [1.807, 2.05) is 0 Å². The zero-order chi connectivity index (χ0) is 11.6. The minimum Gasteiger partial charge on any atom is -0.406 e. The first-order chi connectivity index (χ1) is 6.78. The van der Waals surface area contributed by atoms with E-state index in [0.29, 0.717) is 5.56 Å².